The Hall–Kier alpha value is -0.690. The fraction of sp³-hybridized carbons (Fsp3) is 0.538. The van der Waals surface area contributed by atoms with Gasteiger partial charge in [-0.25, -0.2) is 0 Å². The summed E-state index contributed by atoms with van der Waals surface area (Å²) in [6, 6.07) is 4.00. The van der Waals surface area contributed by atoms with E-state index in [2.05, 4.69) is 27.7 Å². The van der Waals surface area contributed by atoms with Gasteiger partial charge in [0.25, 0.3) is 0 Å². The van der Waals surface area contributed by atoms with E-state index in [0.717, 1.165) is 16.7 Å². The molecule has 0 amide bonds. The average Bonchev–Trinajstić information content (AvgIpc) is 2.15. The van der Waals surface area contributed by atoms with Gasteiger partial charge in [-0.1, -0.05) is 39.8 Å². The first-order chi connectivity index (χ1) is 6.99. The van der Waals surface area contributed by atoms with E-state index in [1.54, 1.807) is 0 Å². The van der Waals surface area contributed by atoms with Gasteiger partial charge in [0, 0.05) is 11.4 Å². The van der Waals surface area contributed by atoms with E-state index < -0.39 is 0 Å². The third kappa shape index (κ3) is 2.46. The predicted molar refractivity (Wildman–Crippen MR) is 65.8 cm³/mol. The molecule has 0 aliphatic rings. The van der Waals surface area contributed by atoms with Crippen molar-refractivity contribution in [1.82, 2.24) is 0 Å². The van der Waals surface area contributed by atoms with Crippen LogP contribution in [-0.4, -0.2) is 5.11 Å². The highest BCUT2D eigenvalue weighted by atomic mass is 35.5. The van der Waals surface area contributed by atoms with Crippen molar-refractivity contribution >= 4 is 11.6 Å². The van der Waals surface area contributed by atoms with Crippen molar-refractivity contribution < 1.29 is 5.11 Å². The second-order valence-corrected chi connectivity index (χ2v) is 4.79. The molecule has 1 N–H and O–H groups in total. The maximum absolute atomic E-state index is 10.2. The van der Waals surface area contributed by atoms with Crippen LogP contribution in [0, 0.1) is 0 Å². The van der Waals surface area contributed by atoms with E-state index in [9.17, 15) is 5.11 Å². The molecule has 0 fully saturated rings. The lowest BCUT2D eigenvalue weighted by molar-refractivity contribution is 0.453. The quantitative estimate of drug-likeness (QED) is 0.759. The second kappa shape index (κ2) is 4.89. The molecule has 0 saturated carbocycles. The number of phenolic OH excluding ortho intramolecular Hbond substituents is 1. The van der Waals surface area contributed by atoms with E-state index in [1.165, 1.54) is 0 Å². The number of aromatic hydroxyl groups is 1. The summed E-state index contributed by atoms with van der Waals surface area (Å²) >= 11 is 5.87. The SMILES string of the molecule is CC(C)c1ccc(CCl)c(C(C)C)c1O. The Kier molecular flexibility index (Phi) is 4.04. The summed E-state index contributed by atoms with van der Waals surface area (Å²) in [6.07, 6.45) is 0. The molecule has 1 nitrogen and oxygen atoms in total. The van der Waals surface area contributed by atoms with Gasteiger partial charge in [0.15, 0.2) is 0 Å². The first kappa shape index (κ1) is 12.4. The Morgan fingerprint density at radius 3 is 2.13 bits per heavy atom. The van der Waals surface area contributed by atoms with Crippen molar-refractivity contribution in [3.63, 3.8) is 0 Å². The number of phenols is 1. The predicted octanol–water partition coefficient (Wildman–Crippen LogP) is 4.38. The fourth-order valence-electron chi connectivity index (χ4n) is 1.89. The van der Waals surface area contributed by atoms with Gasteiger partial charge < -0.3 is 5.11 Å². The van der Waals surface area contributed by atoms with Crippen LogP contribution in [-0.2, 0) is 5.88 Å². The number of rotatable bonds is 3. The topological polar surface area (TPSA) is 20.2 Å². The normalized spacial score (nSPS) is 11.4. The van der Waals surface area contributed by atoms with E-state index in [0.29, 0.717) is 23.5 Å². The lowest BCUT2D eigenvalue weighted by Gasteiger charge is -2.18. The smallest absolute Gasteiger partial charge is 0.122 e. The molecule has 0 saturated heterocycles. The number of hydrogen-bond donors (Lipinski definition) is 1. The minimum absolute atomic E-state index is 0.303. The Labute approximate surface area is 97.1 Å². The molecule has 0 unspecified atom stereocenters. The van der Waals surface area contributed by atoms with Crippen LogP contribution < -0.4 is 0 Å². The maximum atomic E-state index is 10.2. The van der Waals surface area contributed by atoms with Crippen LogP contribution in [0.25, 0.3) is 0 Å². The molecular formula is C13H19ClO. The van der Waals surface area contributed by atoms with Crippen molar-refractivity contribution in [2.45, 2.75) is 45.4 Å². The number of hydrogen-bond acceptors (Lipinski definition) is 1. The molecule has 0 atom stereocenters. The molecule has 0 radical (unpaired) electrons. The van der Waals surface area contributed by atoms with Gasteiger partial charge in [0.05, 0.1) is 0 Å². The van der Waals surface area contributed by atoms with Crippen molar-refractivity contribution in [1.29, 1.82) is 0 Å². The summed E-state index contributed by atoms with van der Waals surface area (Å²) in [4.78, 5) is 0. The van der Waals surface area contributed by atoms with Crippen LogP contribution in [0.5, 0.6) is 5.75 Å². The molecule has 2 heteroatoms. The highest BCUT2D eigenvalue weighted by molar-refractivity contribution is 6.17. The van der Waals surface area contributed by atoms with Crippen molar-refractivity contribution in [2.24, 2.45) is 0 Å². The summed E-state index contributed by atoms with van der Waals surface area (Å²) in [5, 5.41) is 10.2. The Morgan fingerprint density at radius 2 is 1.73 bits per heavy atom. The highest BCUT2D eigenvalue weighted by Crippen LogP contribution is 2.36. The molecular weight excluding hydrogens is 208 g/mol. The van der Waals surface area contributed by atoms with E-state index in [-0.39, 0.29) is 0 Å². The zero-order valence-electron chi connectivity index (χ0n) is 9.84. The van der Waals surface area contributed by atoms with E-state index in [1.807, 2.05) is 12.1 Å². The van der Waals surface area contributed by atoms with Gasteiger partial charge >= 0.3 is 0 Å². The van der Waals surface area contributed by atoms with Gasteiger partial charge in [-0.15, -0.1) is 11.6 Å². The minimum Gasteiger partial charge on any atom is -0.507 e. The molecule has 15 heavy (non-hydrogen) atoms. The fourth-order valence-corrected chi connectivity index (χ4v) is 2.13. The summed E-state index contributed by atoms with van der Waals surface area (Å²) in [7, 11) is 0. The summed E-state index contributed by atoms with van der Waals surface area (Å²) < 4.78 is 0. The summed E-state index contributed by atoms with van der Waals surface area (Å²) in [5.41, 5.74) is 3.04. The van der Waals surface area contributed by atoms with Crippen molar-refractivity contribution in [3.8, 4) is 5.75 Å². The molecule has 0 spiro atoms. The summed E-state index contributed by atoms with van der Waals surface area (Å²) in [6.45, 7) is 8.32. The zero-order valence-corrected chi connectivity index (χ0v) is 10.6. The van der Waals surface area contributed by atoms with Gasteiger partial charge in [0.1, 0.15) is 5.75 Å². The van der Waals surface area contributed by atoms with Crippen LogP contribution in [0.1, 0.15) is 56.2 Å². The lowest BCUT2D eigenvalue weighted by atomic mass is 9.90. The minimum atomic E-state index is 0.303. The average molecular weight is 227 g/mol. The molecule has 1 aromatic rings. The molecule has 0 aliphatic carbocycles. The van der Waals surface area contributed by atoms with Crippen LogP contribution in [0.15, 0.2) is 12.1 Å². The van der Waals surface area contributed by atoms with Gasteiger partial charge in [-0.2, -0.15) is 0 Å². The third-order valence-electron chi connectivity index (χ3n) is 2.68. The molecule has 1 aromatic carbocycles. The van der Waals surface area contributed by atoms with E-state index >= 15 is 0 Å². The Bertz CT molecular complexity index is 343. The van der Waals surface area contributed by atoms with Crippen LogP contribution in [0.2, 0.25) is 0 Å². The third-order valence-corrected chi connectivity index (χ3v) is 2.97. The van der Waals surface area contributed by atoms with Gasteiger partial charge in [-0.3, -0.25) is 0 Å². The standard InChI is InChI=1S/C13H19ClO/c1-8(2)11-6-5-10(7-14)12(9(3)4)13(11)15/h5-6,8-9,15H,7H2,1-4H3. The van der Waals surface area contributed by atoms with Crippen LogP contribution in [0.3, 0.4) is 0 Å². The van der Waals surface area contributed by atoms with Crippen molar-refractivity contribution in [3.05, 3.63) is 28.8 Å². The Morgan fingerprint density at radius 1 is 1.13 bits per heavy atom. The maximum Gasteiger partial charge on any atom is 0.122 e. The highest BCUT2D eigenvalue weighted by Gasteiger charge is 2.16. The molecule has 0 aromatic heterocycles. The molecule has 0 aliphatic heterocycles. The van der Waals surface area contributed by atoms with Gasteiger partial charge in [-0.05, 0) is 23.0 Å². The number of benzene rings is 1. The van der Waals surface area contributed by atoms with Gasteiger partial charge in [0.2, 0.25) is 0 Å². The summed E-state index contributed by atoms with van der Waals surface area (Å²) in [5.74, 6) is 1.53. The Balaban J connectivity index is 3.36. The largest absolute Gasteiger partial charge is 0.507 e. The first-order valence-electron chi connectivity index (χ1n) is 5.39. The monoisotopic (exact) mass is 226 g/mol. The molecule has 84 valence electrons. The van der Waals surface area contributed by atoms with Crippen LogP contribution >= 0.6 is 11.6 Å². The number of alkyl halides is 1. The first-order valence-corrected chi connectivity index (χ1v) is 5.93. The zero-order chi connectivity index (χ0) is 11.6. The van der Waals surface area contributed by atoms with Crippen LogP contribution in [0.4, 0.5) is 0 Å². The van der Waals surface area contributed by atoms with Crippen molar-refractivity contribution in [2.75, 3.05) is 0 Å². The second-order valence-electron chi connectivity index (χ2n) is 4.52. The molecule has 0 bridgehead atoms. The van der Waals surface area contributed by atoms with E-state index in [4.69, 9.17) is 11.6 Å². The molecule has 0 heterocycles. The number of halogens is 1. The lowest BCUT2D eigenvalue weighted by Crippen LogP contribution is -1.99. The molecule has 1 rings (SSSR count).